The Bertz CT molecular complexity index is 642. The molecule has 0 saturated carbocycles. The number of furan rings is 1. The molecule has 0 aliphatic heterocycles. The molecule has 3 rings (SSSR count). The first-order valence-electron chi connectivity index (χ1n) is 7.20. The summed E-state index contributed by atoms with van der Waals surface area (Å²) in [7, 11) is 0. The van der Waals surface area contributed by atoms with Crippen molar-refractivity contribution in [3.05, 3.63) is 66.9 Å². The fourth-order valence-corrected chi connectivity index (χ4v) is 2.30. The molecule has 1 N–H and O–H groups in total. The van der Waals surface area contributed by atoms with Crippen molar-refractivity contribution < 1.29 is 4.42 Å². The Labute approximate surface area is 124 Å². The van der Waals surface area contributed by atoms with E-state index in [0.29, 0.717) is 6.04 Å². The monoisotopic (exact) mass is 281 g/mol. The van der Waals surface area contributed by atoms with E-state index in [4.69, 9.17) is 4.42 Å². The van der Waals surface area contributed by atoms with E-state index in [-0.39, 0.29) is 0 Å². The van der Waals surface area contributed by atoms with Gasteiger partial charge in [0.05, 0.1) is 12.0 Å². The highest BCUT2D eigenvalue weighted by Crippen LogP contribution is 2.15. The maximum atomic E-state index is 5.35. The van der Waals surface area contributed by atoms with Crippen LogP contribution in [0.25, 0.3) is 5.69 Å². The SMILES string of the molecule is CC(CCc1ccco1)Nc1ccc(-n2cccn2)cc1. The van der Waals surface area contributed by atoms with Crippen LogP contribution < -0.4 is 5.32 Å². The van der Waals surface area contributed by atoms with Crippen LogP contribution in [0.3, 0.4) is 0 Å². The fraction of sp³-hybridized carbons (Fsp3) is 0.235. The van der Waals surface area contributed by atoms with E-state index in [1.165, 1.54) is 0 Å². The first-order chi connectivity index (χ1) is 10.3. The van der Waals surface area contributed by atoms with Crippen molar-refractivity contribution >= 4 is 5.69 Å². The van der Waals surface area contributed by atoms with Crippen LogP contribution in [-0.4, -0.2) is 15.8 Å². The molecule has 0 aliphatic carbocycles. The van der Waals surface area contributed by atoms with E-state index in [0.717, 1.165) is 30.0 Å². The molecule has 108 valence electrons. The summed E-state index contributed by atoms with van der Waals surface area (Å²) in [5, 5.41) is 7.73. The predicted molar refractivity (Wildman–Crippen MR) is 83.7 cm³/mol. The molecule has 0 aliphatic rings. The first kappa shape index (κ1) is 13.5. The van der Waals surface area contributed by atoms with Crippen LogP contribution in [0.4, 0.5) is 5.69 Å². The zero-order valence-corrected chi connectivity index (χ0v) is 12.1. The molecule has 0 amide bonds. The molecule has 1 atom stereocenters. The summed E-state index contributed by atoms with van der Waals surface area (Å²) in [5.41, 5.74) is 2.19. The Hall–Kier alpha value is -2.49. The third kappa shape index (κ3) is 3.54. The molecule has 0 bridgehead atoms. The molecule has 4 nitrogen and oxygen atoms in total. The van der Waals surface area contributed by atoms with Gasteiger partial charge in [0.1, 0.15) is 5.76 Å². The van der Waals surface area contributed by atoms with Gasteiger partial charge in [0.25, 0.3) is 0 Å². The Kier molecular flexibility index (Phi) is 4.05. The van der Waals surface area contributed by atoms with Crippen molar-refractivity contribution in [1.82, 2.24) is 9.78 Å². The lowest BCUT2D eigenvalue weighted by molar-refractivity contribution is 0.495. The number of rotatable bonds is 6. The minimum atomic E-state index is 0.394. The number of nitrogens with zero attached hydrogens (tertiary/aromatic N) is 2. The molecule has 0 spiro atoms. The maximum absolute atomic E-state index is 5.35. The average Bonchev–Trinajstić information content (AvgIpc) is 3.19. The minimum absolute atomic E-state index is 0.394. The van der Waals surface area contributed by atoms with Crippen LogP contribution >= 0.6 is 0 Å². The summed E-state index contributed by atoms with van der Waals surface area (Å²) in [6, 6.07) is 14.6. The van der Waals surface area contributed by atoms with Gasteiger partial charge in [-0.05, 0) is 55.8 Å². The molecule has 4 heteroatoms. The number of nitrogens with one attached hydrogen (secondary N) is 1. The van der Waals surface area contributed by atoms with Gasteiger partial charge in [0.2, 0.25) is 0 Å². The first-order valence-corrected chi connectivity index (χ1v) is 7.20. The summed E-state index contributed by atoms with van der Waals surface area (Å²) in [6.07, 6.45) is 7.43. The van der Waals surface area contributed by atoms with Crippen LogP contribution in [0.1, 0.15) is 19.1 Å². The number of aryl methyl sites for hydroxylation is 1. The molecule has 1 unspecified atom stereocenters. The van der Waals surface area contributed by atoms with Crippen LogP contribution in [0.2, 0.25) is 0 Å². The van der Waals surface area contributed by atoms with Gasteiger partial charge in [-0.1, -0.05) is 0 Å². The smallest absolute Gasteiger partial charge is 0.103 e. The molecule has 2 aromatic heterocycles. The third-order valence-electron chi connectivity index (χ3n) is 3.45. The van der Waals surface area contributed by atoms with E-state index in [1.54, 1.807) is 12.5 Å². The molecular weight excluding hydrogens is 262 g/mol. The van der Waals surface area contributed by atoms with Crippen molar-refractivity contribution in [3.8, 4) is 5.69 Å². The molecule has 1 aromatic carbocycles. The lowest BCUT2D eigenvalue weighted by Gasteiger charge is -2.15. The topological polar surface area (TPSA) is 43.0 Å². The van der Waals surface area contributed by atoms with Gasteiger partial charge in [-0.3, -0.25) is 0 Å². The van der Waals surface area contributed by atoms with Gasteiger partial charge in [0.15, 0.2) is 0 Å². The van der Waals surface area contributed by atoms with Crippen LogP contribution in [0.15, 0.2) is 65.5 Å². The average molecular weight is 281 g/mol. The van der Waals surface area contributed by atoms with E-state index in [2.05, 4.69) is 41.6 Å². The Morgan fingerprint density at radius 1 is 1.19 bits per heavy atom. The fourth-order valence-electron chi connectivity index (χ4n) is 2.30. The van der Waals surface area contributed by atoms with Crippen LogP contribution in [0, 0.1) is 0 Å². The van der Waals surface area contributed by atoms with Crippen molar-refractivity contribution in [1.29, 1.82) is 0 Å². The molecule has 0 saturated heterocycles. The van der Waals surface area contributed by atoms with Gasteiger partial charge < -0.3 is 9.73 Å². The van der Waals surface area contributed by atoms with Crippen molar-refractivity contribution in [2.45, 2.75) is 25.8 Å². The lowest BCUT2D eigenvalue weighted by atomic mass is 10.1. The Morgan fingerprint density at radius 2 is 2.05 bits per heavy atom. The van der Waals surface area contributed by atoms with E-state index >= 15 is 0 Å². The quantitative estimate of drug-likeness (QED) is 0.745. The van der Waals surface area contributed by atoms with Crippen LogP contribution in [0.5, 0.6) is 0 Å². The number of hydrogen-bond acceptors (Lipinski definition) is 3. The molecule has 0 radical (unpaired) electrons. The minimum Gasteiger partial charge on any atom is -0.469 e. The Balaban J connectivity index is 1.55. The summed E-state index contributed by atoms with van der Waals surface area (Å²) >= 11 is 0. The highest BCUT2D eigenvalue weighted by Gasteiger charge is 2.04. The highest BCUT2D eigenvalue weighted by molar-refractivity contribution is 5.49. The number of benzene rings is 1. The molecule has 3 aromatic rings. The molecule has 21 heavy (non-hydrogen) atoms. The maximum Gasteiger partial charge on any atom is 0.103 e. The largest absolute Gasteiger partial charge is 0.469 e. The summed E-state index contributed by atoms with van der Waals surface area (Å²) < 4.78 is 7.21. The van der Waals surface area contributed by atoms with E-state index < -0.39 is 0 Å². The molecular formula is C17H19N3O. The standard InChI is InChI=1S/C17H19N3O/c1-14(5-10-17-4-2-13-21-17)19-15-6-8-16(9-7-15)20-12-3-11-18-20/h2-4,6-9,11-14,19H,5,10H2,1H3. The zero-order valence-electron chi connectivity index (χ0n) is 12.1. The normalized spacial score (nSPS) is 12.2. The van der Waals surface area contributed by atoms with Crippen molar-refractivity contribution in [3.63, 3.8) is 0 Å². The van der Waals surface area contributed by atoms with Gasteiger partial charge in [0, 0.05) is 30.5 Å². The lowest BCUT2D eigenvalue weighted by Crippen LogP contribution is -2.15. The number of aromatic nitrogens is 2. The van der Waals surface area contributed by atoms with Gasteiger partial charge >= 0.3 is 0 Å². The second-order valence-electron chi connectivity index (χ2n) is 5.16. The number of anilines is 1. The molecule has 2 heterocycles. The van der Waals surface area contributed by atoms with Crippen molar-refractivity contribution in [2.75, 3.05) is 5.32 Å². The van der Waals surface area contributed by atoms with E-state index in [9.17, 15) is 0 Å². The van der Waals surface area contributed by atoms with Gasteiger partial charge in [-0.25, -0.2) is 4.68 Å². The second kappa shape index (κ2) is 6.31. The second-order valence-corrected chi connectivity index (χ2v) is 5.16. The summed E-state index contributed by atoms with van der Waals surface area (Å²) in [4.78, 5) is 0. The third-order valence-corrected chi connectivity index (χ3v) is 3.45. The van der Waals surface area contributed by atoms with Crippen LogP contribution in [-0.2, 0) is 6.42 Å². The summed E-state index contributed by atoms with van der Waals surface area (Å²) in [5.74, 6) is 1.04. The molecule has 0 fully saturated rings. The summed E-state index contributed by atoms with van der Waals surface area (Å²) in [6.45, 7) is 2.18. The number of hydrogen-bond donors (Lipinski definition) is 1. The zero-order chi connectivity index (χ0) is 14.5. The predicted octanol–water partition coefficient (Wildman–Crippen LogP) is 3.90. The Morgan fingerprint density at radius 3 is 2.71 bits per heavy atom. The van der Waals surface area contributed by atoms with E-state index in [1.807, 2.05) is 29.1 Å². The van der Waals surface area contributed by atoms with Gasteiger partial charge in [-0.2, -0.15) is 5.10 Å². The highest BCUT2D eigenvalue weighted by atomic mass is 16.3. The van der Waals surface area contributed by atoms with Crippen molar-refractivity contribution in [2.24, 2.45) is 0 Å². The van der Waals surface area contributed by atoms with Gasteiger partial charge in [-0.15, -0.1) is 0 Å².